The second-order valence-corrected chi connectivity index (χ2v) is 5.18. The summed E-state index contributed by atoms with van der Waals surface area (Å²) >= 11 is 0. The fourth-order valence-electron chi connectivity index (χ4n) is 2.36. The third kappa shape index (κ3) is 3.07. The van der Waals surface area contributed by atoms with Crippen LogP contribution in [0.4, 0.5) is 0 Å². The zero-order chi connectivity index (χ0) is 13.0. The van der Waals surface area contributed by atoms with Gasteiger partial charge < -0.3 is 10.7 Å². The van der Waals surface area contributed by atoms with Crippen molar-refractivity contribution in [2.75, 3.05) is 6.54 Å². The molecule has 0 amide bonds. The van der Waals surface area contributed by atoms with Crippen LogP contribution in [-0.4, -0.2) is 21.5 Å². The first-order valence-corrected chi connectivity index (χ1v) is 6.70. The van der Waals surface area contributed by atoms with Gasteiger partial charge in [0.2, 0.25) is 0 Å². The maximum atomic E-state index is 5.66. The summed E-state index contributed by atoms with van der Waals surface area (Å²) in [5.74, 6) is 2.39. The Morgan fingerprint density at radius 2 is 2.17 bits per heavy atom. The van der Waals surface area contributed by atoms with Crippen LogP contribution in [0.1, 0.15) is 32.5 Å². The first-order valence-electron chi connectivity index (χ1n) is 6.70. The molecule has 18 heavy (non-hydrogen) atoms. The maximum Gasteiger partial charge on any atom is 0.177 e. The van der Waals surface area contributed by atoms with Crippen molar-refractivity contribution in [1.29, 1.82) is 0 Å². The lowest BCUT2D eigenvalue weighted by atomic mass is 9.88. The summed E-state index contributed by atoms with van der Waals surface area (Å²) < 4.78 is 0. The van der Waals surface area contributed by atoms with Crippen LogP contribution in [0.3, 0.4) is 0 Å². The molecule has 4 nitrogen and oxygen atoms in total. The number of aromatic nitrogens is 3. The van der Waals surface area contributed by atoms with E-state index >= 15 is 0 Å². The SMILES string of the molecule is CC(C)C(CCN)CCc1nc2ncccc2[nH]1. The maximum absolute atomic E-state index is 5.66. The molecule has 4 heteroatoms. The highest BCUT2D eigenvalue weighted by Gasteiger charge is 2.13. The number of nitrogens with one attached hydrogen (secondary N) is 1. The molecule has 1 atom stereocenters. The topological polar surface area (TPSA) is 67.6 Å². The van der Waals surface area contributed by atoms with E-state index < -0.39 is 0 Å². The molecule has 0 aliphatic carbocycles. The standard InChI is InChI=1S/C14H22N4/c1-10(2)11(7-8-15)5-6-13-17-12-4-3-9-16-14(12)18-13/h3-4,9-11H,5-8,15H2,1-2H3,(H,16,17,18). The Bertz CT molecular complexity index is 456. The van der Waals surface area contributed by atoms with Crippen LogP contribution in [0, 0.1) is 11.8 Å². The van der Waals surface area contributed by atoms with Gasteiger partial charge in [-0.1, -0.05) is 13.8 Å². The molecule has 0 saturated heterocycles. The Morgan fingerprint density at radius 3 is 2.83 bits per heavy atom. The fourth-order valence-corrected chi connectivity index (χ4v) is 2.36. The highest BCUT2D eigenvalue weighted by atomic mass is 15.0. The molecular formula is C14H22N4. The van der Waals surface area contributed by atoms with Gasteiger partial charge in [0.25, 0.3) is 0 Å². The molecule has 0 aliphatic heterocycles. The summed E-state index contributed by atoms with van der Waals surface area (Å²) in [6.07, 6.45) is 4.97. The van der Waals surface area contributed by atoms with Gasteiger partial charge in [-0.25, -0.2) is 9.97 Å². The zero-order valence-electron chi connectivity index (χ0n) is 11.2. The molecule has 2 aromatic rings. The smallest absolute Gasteiger partial charge is 0.177 e. The summed E-state index contributed by atoms with van der Waals surface area (Å²) in [5, 5.41) is 0. The number of nitrogens with zero attached hydrogens (tertiary/aromatic N) is 2. The van der Waals surface area contributed by atoms with Gasteiger partial charge in [-0.15, -0.1) is 0 Å². The minimum absolute atomic E-state index is 0.677. The van der Waals surface area contributed by atoms with Gasteiger partial charge in [0, 0.05) is 12.6 Å². The van der Waals surface area contributed by atoms with Crippen molar-refractivity contribution < 1.29 is 0 Å². The predicted octanol–water partition coefficient (Wildman–Crippen LogP) is 2.51. The van der Waals surface area contributed by atoms with E-state index in [9.17, 15) is 0 Å². The van der Waals surface area contributed by atoms with E-state index in [2.05, 4.69) is 28.8 Å². The van der Waals surface area contributed by atoms with Crippen LogP contribution in [0.15, 0.2) is 18.3 Å². The van der Waals surface area contributed by atoms with Crippen molar-refractivity contribution in [3.05, 3.63) is 24.2 Å². The number of nitrogens with two attached hydrogens (primary N) is 1. The van der Waals surface area contributed by atoms with E-state index in [-0.39, 0.29) is 0 Å². The second kappa shape index (κ2) is 5.96. The molecule has 1 unspecified atom stereocenters. The average Bonchev–Trinajstić information content (AvgIpc) is 2.76. The monoisotopic (exact) mass is 246 g/mol. The van der Waals surface area contributed by atoms with Crippen LogP contribution >= 0.6 is 0 Å². The molecule has 0 radical (unpaired) electrons. The lowest BCUT2D eigenvalue weighted by molar-refractivity contribution is 0.339. The summed E-state index contributed by atoms with van der Waals surface area (Å²) in [5.41, 5.74) is 7.50. The number of imidazole rings is 1. The zero-order valence-corrected chi connectivity index (χ0v) is 11.2. The van der Waals surface area contributed by atoms with Gasteiger partial charge in [0.1, 0.15) is 5.82 Å². The van der Waals surface area contributed by atoms with E-state index in [4.69, 9.17) is 5.73 Å². The van der Waals surface area contributed by atoms with Crippen LogP contribution in [0.5, 0.6) is 0 Å². The highest BCUT2D eigenvalue weighted by molar-refractivity contribution is 5.69. The van der Waals surface area contributed by atoms with Crippen molar-refractivity contribution in [3.63, 3.8) is 0 Å². The molecule has 0 fully saturated rings. The van der Waals surface area contributed by atoms with Crippen molar-refractivity contribution >= 4 is 11.2 Å². The number of aryl methyl sites for hydroxylation is 1. The number of rotatable bonds is 6. The molecule has 0 aromatic carbocycles. The normalized spacial score (nSPS) is 13.3. The van der Waals surface area contributed by atoms with E-state index in [1.807, 2.05) is 12.1 Å². The largest absolute Gasteiger partial charge is 0.341 e. The summed E-state index contributed by atoms with van der Waals surface area (Å²) in [7, 11) is 0. The van der Waals surface area contributed by atoms with E-state index in [0.717, 1.165) is 42.8 Å². The Kier molecular flexibility index (Phi) is 4.31. The van der Waals surface area contributed by atoms with Crippen LogP contribution < -0.4 is 5.73 Å². The molecule has 0 aliphatic rings. The van der Waals surface area contributed by atoms with Crippen molar-refractivity contribution in [1.82, 2.24) is 15.0 Å². The Hall–Kier alpha value is -1.42. The van der Waals surface area contributed by atoms with Crippen molar-refractivity contribution in [2.24, 2.45) is 17.6 Å². The Morgan fingerprint density at radius 1 is 1.33 bits per heavy atom. The second-order valence-electron chi connectivity index (χ2n) is 5.18. The third-order valence-electron chi connectivity index (χ3n) is 3.54. The number of H-pyrrole nitrogens is 1. The molecule has 0 saturated carbocycles. The molecule has 98 valence electrons. The summed E-state index contributed by atoms with van der Waals surface area (Å²) in [6, 6.07) is 3.94. The minimum atomic E-state index is 0.677. The van der Waals surface area contributed by atoms with E-state index in [0.29, 0.717) is 11.8 Å². The lowest BCUT2D eigenvalue weighted by Crippen LogP contribution is -2.15. The van der Waals surface area contributed by atoms with Gasteiger partial charge in [-0.2, -0.15) is 0 Å². The summed E-state index contributed by atoms with van der Waals surface area (Å²) in [6.45, 7) is 5.30. The lowest BCUT2D eigenvalue weighted by Gasteiger charge is -2.19. The fraction of sp³-hybridized carbons (Fsp3) is 0.571. The van der Waals surface area contributed by atoms with Crippen molar-refractivity contribution in [2.45, 2.75) is 33.1 Å². The first-order chi connectivity index (χ1) is 8.70. The van der Waals surface area contributed by atoms with Crippen molar-refractivity contribution in [3.8, 4) is 0 Å². The van der Waals surface area contributed by atoms with Gasteiger partial charge in [-0.3, -0.25) is 0 Å². The molecule has 2 aromatic heterocycles. The number of aromatic amines is 1. The molecule has 0 bridgehead atoms. The Balaban J connectivity index is 2.00. The molecule has 2 rings (SSSR count). The third-order valence-corrected chi connectivity index (χ3v) is 3.54. The molecular weight excluding hydrogens is 224 g/mol. The van der Waals surface area contributed by atoms with Crippen LogP contribution in [0.25, 0.3) is 11.2 Å². The number of hydrogen-bond acceptors (Lipinski definition) is 3. The van der Waals surface area contributed by atoms with Gasteiger partial charge in [0.05, 0.1) is 5.52 Å². The highest BCUT2D eigenvalue weighted by Crippen LogP contribution is 2.21. The van der Waals surface area contributed by atoms with Gasteiger partial charge in [0.15, 0.2) is 5.65 Å². The number of fused-ring (bicyclic) bond motifs is 1. The predicted molar refractivity (Wildman–Crippen MR) is 74.2 cm³/mol. The molecule has 3 N–H and O–H groups in total. The molecule has 0 spiro atoms. The van der Waals surface area contributed by atoms with Gasteiger partial charge in [-0.05, 0) is 43.4 Å². The number of hydrogen-bond donors (Lipinski definition) is 2. The van der Waals surface area contributed by atoms with E-state index in [1.54, 1.807) is 6.20 Å². The van der Waals surface area contributed by atoms with E-state index in [1.165, 1.54) is 0 Å². The Labute approximate surface area is 108 Å². The first kappa shape index (κ1) is 13.0. The van der Waals surface area contributed by atoms with Crippen LogP contribution in [-0.2, 0) is 6.42 Å². The number of pyridine rings is 1. The van der Waals surface area contributed by atoms with Gasteiger partial charge >= 0.3 is 0 Å². The van der Waals surface area contributed by atoms with Crippen LogP contribution in [0.2, 0.25) is 0 Å². The minimum Gasteiger partial charge on any atom is -0.341 e. The molecule has 2 heterocycles. The summed E-state index contributed by atoms with van der Waals surface area (Å²) in [4.78, 5) is 12.1. The quantitative estimate of drug-likeness (QED) is 0.823. The average molecular weight is 246 g/mol.